The van der Waals surface area contributed by atoms with Crippen LogP contribution in [0.4, 0.5) is 0 Å². The fraction of sp³-hybridized carbons (Fsp3) is 0.105. The molecule has 2 atom stereocenters. The average molecular weight is 318 g/mol. The monoisotopic (exact) mass is 318 g/mol. The van der Waals surface area contributed by atoms with Gasteiger partial charge in [0.2, 0.25) is 0 Å². The number of benzene rings is 2. The minimum absolute atomic E-state index is 0.298. The van der Waals surface area contributed by atoms with Crippen molar-refractivity contribution < 1.29 is 14.4 Å². The van der Waals surface area contributed by atoms with Gasteiger partial charge in [-0.15, -0.1) is 0 Å². The van der Waals surface area contributed by atoms with E-state index in [1.165, 1.54) is 11.1 Å². The lowest BCUT2D eigenvalue weighted by Gasteiger charge is -2.48. The molecule has 0 unspecified atom stereocenters. The highest BCUT2D eigenvalue weighted by molar-refractivity contribution is 6.23. The van der Waals surface area contributed by atoms with Crippen molar-refractivity contribution in [3.63, 3.8) is 0 Å². The number of nitrogens with zero attached hydrogens (tertiary/aromatic N) is 2. The average Bonchev–Trinajstić information content (AvgIpc) is 2.86. The van der Waals surface area contributed by atoms with Crippen molar-refractivity contribution in [3.05, 3.63) is 84.1 Å². The van der Waals surface area contributed by atoms with Crippen molar-refractivity contribution >= 4 is 17.7 Å². The molecular formula is C19H14N2O3. The molecule has 5 nitrogen and oxygen atoms in total. The number of likely N-dealkylation sites (tertiary alicyclic amines) is 1. The molecule has 2 heterocycles. The van der Waals surface area contributed by atoms with Crippen LogP contribution in [0.25, 0.3) is 0 Å². The highest BCUT2D eigenvalue weighted by Crippen LogP contribution is 2.41. The summed E-state index contributed by atoms with van der Waals surface area (Å²) < 4.78 is 0. The van der Waals surface area contributed by atoms with Gasteiger partial charge in [0.15, 0.2) is 0 Å². The van der Waals surface area contributed by atoms with Gasteiger partial charge in [-0.25, -0.2) is 0 Å². The Morgan fingerprint density at radius 1 is 0.792 bits per heavy atom. The van der Waals surface area contributed by atoms with E-state index < -0.39 is 23.9 Å². The molecule has 2 aromatic carbocycles. The third-order valence-electron chi connectivity index (χ3n) is 4.55. The first kappa shape index (κ1) is 14.4. The van der Waals surface area contributed by atoms with E-state index in [-0.39, 0.29) is 5.91 Å². The van der Waals surface area contributed by atoms with Gasteiger partial charge in [0, 0.05) is 6.20 Å². The zero-order valence-corrected chi connectivity index (χ0v) is 12.8. The van der Waals surface area contributed by atoms with Gasteiger partial charge in [-0.1, -0.05) is 49.0 Å². The molecule has 2 aliphatic rings. The Labute approximate surface area is 138 Å². The van der Waals surface area contributed by atoms with Crippen molar-refractivity contribution in [1.29, 1.82) is 0 Å². The van der Waals surface area contributed by atoms with Crippen molar-refractivity contribution in [3.8, 4) is 0 Å². The first-order valence-corrected chi connectivity index (χ1v) is 7.61. The van der Waals surface area contributed by atoms with E-state index in [0.717, 1.165) is 10.5 Å². The van der Waals surface area contributed by atoms with Crippen molar-refractivity contribution in [2.75, 3.05) is 0 Å². The van der Waals surface area contributed by atoms with Crippen LogP contribution in [0.3, 0.4) is 0 Å². The normalized spacial score (nSPS) is 22.4. The van der Waals surface area contributed by atoms with Crippen LogP contribution in [0.1, 0.15) is 32.3 Å². The summed E-state index contributed by atoms with van der Waals surface area (Å²) in [6, 6.07) is 14.7. The lowest BCUT2D eigenvalue weighted by molar-refractivity contribution is -0.150. The number of β-lactam (4-membered cyclic amide) rings is 1. The standard InChI is InChI=1S/C19H14N2O3/c1-2-20-15(12-8-4-3-5-9-12)16(19(20)24)21-17(22)13-10-6-7-11-14(13)18(21)23/h2-11,15-16H,1H2/t15-,16-/m1/s1. The van der Waals surface area contributed by atoms with Crippen molar-refractivity contribution in [2.24, 2.45) is 0 Å². The molecule has 0 aromatic heterocycles. The Hall–Kier alpha value is -3.21. The highest BCUT2D eigenvalue weighted by atomic mass is 16.2. The zero-order chi connectivity index (χ0) is 16.8. The molecule has 1 saturated heterocycles. The fourth-order valence-corrected chi connectivity index (χ4v) is 3.40. The van der Waals surface area contributed by atoms with Crippen LogP contribution in [-0.2, 0) is 4.79 Å². The Morgan fingerprint density at radius 3 is 1.88 bits per heavy atom. The Kier molecular flexibility index (Phi) is 3.09. The summed E-state index contributed by atoms with van der Waals surface area (Å²) in [4.78, 5) is 40.4. The molecule has 0 N–H and O–H groups in total. The molecule has 0 aliphatic carbocycles. The third kappa shape index (κ3) is 1.78. The molecule has 0 radical (unpaired) electrons. The van der Waals surface area contributed by atoms with Gasteiger partial charge in [0.25, 0.3) is 17.7 Å². The predicted octanol–water partition coefficient (Wildman–Crippen LogP) is 2.38. The minimum Gasteiger partial charge on any atom is -0.308 e. The van der Waals surface area contributed by atoms with Gasteiger partial charge in [-0.05, 0) is 17.7 Å². The van der Waals surface area contributed by atoms with Crippen molar-refractivity contribution in [2.45, 2.75) is 12.1 Å². The number of carbonyl (C=O) groups is 3. The summed E-state index contributed by atoms with van der Waals surface area (Å²) in [5, 5.41) is 0. The highest BCUT2D eigenvalue weighted by Gasteiger charge is 2.55. The van der Waals surface area contributed by atoms with Crippen molar-refractivity contribution in [1.82, 2.24) is 9.80 Å². The van der Waals surface area contributed by atoms with Gasteiger partial charge < -0.3 is 4.90 Å². The predicted molar refractivity (Wildman–Crippen MR) is 87.0 cm³/mol. The molecule has 4 rings (SSSR count). The smallest absolute Gasteiger partial charge is 0.262 e. The van der Waals surface area contributed by atoms with E-state index in [1.54, 1.807) is 24.3 Å². The van der Waals surface area contributed by atoms with Crippen LogP contribution >= 0.6 is 0 Å². The summed E-state index contributed by atoms with van der Waals surface area (Å²) in [5.41, 5.74) is 1.55. The Bertz CT molecular complexity index is 840. The Morgan fingerprint density at radius 2 is 1.33 bits per heavy atom. The van der Waals surface area contributed by atoms with Gasteiger partial charge in [-0.3, -0.25) is 19.3 Å². The lowest BCUT2D eigenvalue weighted by atomic mass is 9.87. The van der Waals surface area contributed by atoms with E-state index in [9.17, 15) is 14.4 Å². The number of carbonyl (C=O) groups excluding carboxylic acids is 3. The first-order chi connectivity index (χ1) is 11.6. The molecule has 5 heteroatoms. The van der Waals surface area contributed by atoms with Gasteiger partial charge >= 0.3 is 0 Å². The molecule has 3 amide bonds. The van der Waals surface area contributed by atoms with Crippen LogP contribution < -0.4 is 0 Å². The molecule has 1 fully saturated rings. The molecule has 2 aromatic rings. The molecule has 0 saturated carbocycles. The maximum absolute atomic E-state index is 12.7. The topological polar surface area (TPSA) is 57.7 Å². The largest absolute Gasteiger partial charge is 0.308 e. The first-order valence-electron chi connectivity index (χ1n) is 7.61. The lowest BCUT2D eigenvalue weighted by Crippen LogP contribution is -2.64. The van der Waals surface area contributed by atoms with Crippen LogP contribution in [0.5, 0.6) is 0 Å². The van der Waals surface area contributed by atoms with E-state index in [4.69, 9.17) is 0 Å². The van der Waals surface area contributed by atoms with E-state index in [1.807, 2.05) is 30.3 Å². The van der Waals surface area contributed by atoms with Crippen LogP contribution in [0.2, 0.25) is 0 Å². The molecule has 2 aliphatic heterocycles. The van der Waals surface area contributed by atoms with Gasteiger partial charge in [-0.2, -0.15) is 0 Å². The quantitative estimate of drug-likeness (QED) is 0.645. The molecule has 0 bridgehead atoms. The minimum atomic E-state index is -0.835. The van der Waals surface area contributed by atoms with Gasteiger partial charge in [0.05, 0.1) is 17.2 Å². The molecular weight excluding hydrogens is 304 g/mol. The second-order valence-electron chi connectivity index (χ2n) is 5.75. The summed E-state index contributed by atoms with van der Waals surface area (Å²) in [7, 11) is 0. The maximum atomic E-state index is 12.7. The maximum Gasteiger partial charge on any atom is 0.262 e. The van der Waals surface area contributed by atoms with E-state index in [2.05, 4.69) is 6.58 Å². The second-order valence-corrected chi connectivity index (χ2v) is 5.75. The number of amides is 3. The zero-order valence-electron chi connectivity index (χ0n) is 12.8. The second kappa shape index (κ2) is 5.16. The third-order valence-corrected chi connectivity index (χ3v) is 4.55. The van der Waals surface area contributed by atoms with E-state index >= 15 is 0 Å². The summed E-state index contributed by atoms with van der Waals surface area (Å²) in [5.74, 6) is -1.13. The number of imide groups is 1. The molecule has 118 valence electrons. The van der Waals surface area contributed by atoms with E-state index in [0.29, 0.717) is 11.1 Å². The Balaban J connectivity index is 1.76. The number of hydrogen-bond donors (Lipinski definition) is 0. The summed E-state index contributed by atoms with van der Waals surface area (Å²) in [6.07, 6.45) is 1.44. The fourth-order valence-electron chi connectivity index (χ4n) is 3.40. The number of rotatable bonds is 3. The summed E-state index contributed by atoms with van der Waals surface area (Å²) in [6.45, 7) is 3.66. The SMILES string of the molecule is C=CN1C(=O)[C@H](N2C(=O)c3ccccc3C2=O)[C@H]1c1ccccc1. The molecule has 24 heavy (non-hydrogen) atoms. The number of fused-ring (bicyclic) bond motifs is 1. The summed E-state index contributed by atoms with van der Waals surface area (Å²) >= 11 is 0. The number of hydrogen-bond acceptors (Lipinski definition) is 3. The van der Waals surface area contributed by atoms with Gasteiger partial charge in [0.1, 0.15) is 6.04 Å². The van der Waals surface area contributed by atoms with Crippen LogP contribution in [0.15, 0.2) is 67.4 Å². The van der Waals surface area contributed by atoms with Crippen LogP contribution in [-0.4, -0.2) is 33.6 Å². The molecule has 0 spiro atoms. The van der Waals surface area contributed by atoms with Crippen LogP contribution in [0, 0.1) is 0 Å².